The minimum absolute atomic E-state index is 0.405. The molecule has 0 radical (unpaired) electrons. The van der Waals surface area contributed by atoms with Crippen LogP contribution in [0.3, 0.4) is 0 Å². The molecule has 1 saturated heterocycles. The molecule has 0 bridgehead atoms. The van der Waals surface area contributed by atoms with Crippen LogP contribution in [0.25, 0.3) is 16.7 Å². The molecule has 1 fully saturated rings. The van der Waals surface area contributed by atoms with E-state index < -0.39 is 18.3 Å². The van der Waals surface area contributed by atoms with Gasteiger partial charge >= 0.3 is 7.12 Å². The zero-order valence-electron chi connectivity index (χ0n) is 15.7. The van der Waals surface area contributed by atoms with Crippen molar-refractivity contribution in [1.29, 1.82) is 0 Å². The number of rotatable bonds is 3. The second kappa shape index (κ2) is 5.82. The molecule has 4 rings (SSSR count). The lowest BCUT2D eigenvalue weighted by molar-refractivity contribution is 0.00578. The van der Waals surface area contributed by atoms with E-state index in [4.69, 9.17) is 14.0 Å². The number of hydrogen-bond donors (Lipinski definition) is 0. The third-order valence-electron chi connectivity index (χ3n) is 5.32. The molecule has 26 heavy (non-hydrogen) atoms. The lowest BCUT2D eigenvalue weighted by atomic mass is 9.78. The molecule has 0 aliphatic carbocycles. The number of nitrogens with zero attached hydrogens (tertiary/aromatic N) is 3. The Morgan fingerprint density at radius 1 is 0.962 bits per heavy atom. The van der Waals surface area contributed by atoms with Gasteiger partial charge in [0.25, 0.3) is 0 Å². The monoisotopic (exact) mass is 351 g/mol. The molecule has 6 nitrogen and oxygen atoms in total. The average molecular weight is 351 g/mol. The van der Waals surface area contributed by atoms with Crippen molar-refractivity contribution in [2.75, 3.05) is 7.11 Å². The Balaban J connectivity index is 1.83. The van der Waals surface area contributed by atoms with Crippen molar-refractivity contribution in [3.63, 3.8) is 0 Å². The van der Waals surface area contributed by atoms with Crippen molar-refractivity contribution in [3.8, 4) is 11.4 Å². The van der Waals surface area contributed by atoms with Crippen molar-refractivity contribution < 1.29 is 14.0 Å². The fourth-order valence-electron chi connectivity index (χ4n) is 3.06. The highest BCUT2D eigenvalue weighted by molar-refractivity contribution is 6.65. The minimum Gasteiger partial charge on any atom is -0.497 e. The lowest BCUT2D eigenvalue weighted by Crippen LogP contribution is -2.41. The van der Waals surface area contributed by atoms with E-state index in [2.05, 4.69) is 10.3 Å². The highest BCUT2D eigenvalue weighted by Crippen LogP contribution is 2.37. The third kappa shape index (κ3) is 2.59. The Morgan fingerprint density at radius 2 is 1.62 bits per heavy atom. The van der Waals surface area contributed by atoms with Crippen LogP contribution >= 0.6 is 0 Å². The summed E-state index contributed by atoms with van der Waals surface area (Å²) in [5.74, 6) is 0.796. The van der Waals surface area contributed by atoms with E-state index in [0.717, 1.165) is 27.9 Å². The first-order valence-corrected chi connectivity index (χ1v) is 8.67. The van der Waals surface area contributed by atoms with Crippen molar-refractivity contribution in [2.24, 2.45) is 0 Å². The molecule has 0 spiro atoms. The molecule has 0 atom stereocenters. The first kappa shape index (κ1) is 17.1. The van der Waals surface area contributed by atoms with Crippen LogP contribution < -0.4 is 10.2 Å². The Kier molecular flexibility index (Phi) is 3.82. The third-order valence-corrected chi connectivity index (χ3v) is 5.32. The van der Waals surface area contributed by atoms with Crippen LogP contribution in [0.2, 0.25) is 0 Å². The van der Waals surface area contributed by atoms with Gasteiger partial charge in [-0.25, -0.2) is 4.68 Å². The molecular weight excluding hydrogens is 329 g/mol. The van der Waals surface area contributed by atoms with Crippen LogP contribution in [0, 0.1) is 0 Å². The van der Waals surface area contributed by atoms with E-state index in [0.29, 0.717) is 0 Å². The first-order valence-electron chi connectivity index (χ1n) is 8.67. The summed E-state index contributed by atoms with van der Waals surface area (Å²) >= 11 is 0. The SMILES string of the molecule is COc1ccc(-n2nnc3cccc(B4OC(C)(C)C(C)(C)O4)c32)cc1. The highest BCUT2D eigenvalue weighted by atomic mass is 16.7. The largest absolute Gasteiger partial charge is 0.497 e. The fraction of sp³-hybridized carbons (Fsp3) is 0.368. The number of aromatic nitrogens is 3. The summed E-state index contributed by atoms with van der Waals surface area (Å²) in [5, 5.41) is 8.65. The maximum absolute atomic E-state index is 6.24. The summed E-state index contributed by atoms with van der Waals surface area (Å²) in [7, 11) is 1.18. The molecule has 134 valence electrons. The van der Waals surface area contributed by atoms with Gasteiger partial charge in [-0.3, -0.25) is 0 Å². The molecule has 2 heterocycles. The van der Waals surface area contributed by atoms with Crippen LogP contribution in [-0.2, 0) is 9.31 Å². The summed E-state index contributed by atoms with van der Waals surface area (Å²) in [6.45, 7) is 8.19. The number of ether oxygens (including phenoxy) is 1. The standard InChI is InChI=1S/C19H22BN3O3/c1-18(2)19(3,4)26-20(25-18)15-7-6-8-16-17(15)23(22-21-16)13-9-11-14(24-5)12-10-13/h6-12H,1-5H3. The summed E-state index contributed by atoms with van der Waals surface area (Å²) in [4.78, 5) is 0. The molecule has 1 aromatic heterocycles. The Morgan fingerprint density at radius 3 is 2.23 bits per heavy atom. The smallest absolute Gasteiger partial charge is 0.497 e. The van der Waals surface area contributed by atoms with Crippen molar-refractivity contribution in [3.05, 3.63) is 42.5 Å². The zero-order valence-corrected chi connectivity index (χ0v) is 15.7. The van der Waals surface area contributed by atoms with E-state index in [1.54, 1.807) is 7.11 Å². The molecule has 0 unspecified atom stereocenters. The van der Waals surface area contributed by atoms with E-state index in [1.165, 1.54) is 0 Å². The number of benzene rings is 2. The molecule has 0 amide bonds. The molecule has 3 aromatic rings. The molecular formula is C19H22BN3O3. The fourth-order valence-corrected chi connectivity index (χ4v) is 3.06. The summed E-state index contributed by atoms with van der Waals surface area (Å²) in [6.07, 6.45) is 0. The quantitative estimate of drug-likeness (QED) is 0.679. The van der Waals surface area contributed by atoms with E-state index >= 15 is 0 Å². The Labute approximate surface area is 153 Å². The lowest BCUT2D eigenvalue weighted by Gasteiger charge is -2.32. The van der Waals surface area contributed by atoms with Gasteiger partial charge in [-0.1, -0.05) is 17.3 Å². The Hall–Kier alpha value is -2.38. The van der Waals surface area contributed by atoms with Gasteiger partial charge in [0.05, 0.1) is 29.5 Å². The van der Waals surface area contributed by atoms with Crippen LogP contribution in [0.4, 0.5) is 0 Å². The number of para-hydroxylation sites is 1. The first-order chi connectivity index (χ1) is 12.3. The topological polar surface area (TPSA) is 58.4 Å². The van der Waals surface area contributed by atoms with E-state index in [1.807, 2.05) is 74.8 Å². The van der Waals surface area contributed by atoms with Gasteiger partial charge in [0, 0.05) is 5.46 Å². The van der Waals surface area contributed by atoms with Gasteiger partial charge in [0.2, 0.25) is 0 Å². The van der Waals surface area contributed by atoms with Crippen LogP contribution in [-0.4, -0.2) is 40.4 Å². The normalized spacial score (nSPS) is 18.4. The minimum atomic E-state index is -0.473. The average Bonchev–Trinajstić information content (AvgIpc) is 3.13. The van der Waals surface area contributed by atoms with Gasteiger partial charge in [-0.15, -0.1) is 5.10 Å². The van der Waals surface area contributed by atoms with Crippen molar-refractivity contribution >= 4 is 23.6 Å². The molecule has 1 aliphatic heterocycles. The number of fused-ring (bicyclic) bond motifs is 1. The van der Waals surface area contributed by atoms with Gasteiger partial charge in [-0.05, 0) is 58.0 Å². The van der Waals surface area contributed by atoms with Crippen LogP contribution in [0.5, 0.6) is 5.75 Å². The second-order valence-corrected chi connectivity index (χ2v) is 7.50. The van der Waals surface area contributed by atoms with Gasteiger partial charge in [0.1, 0.15) is 11.3 Å². The summed E-state index contributed by atoms with van der Waals surface area (Å²) in [5.41, 5.74) is 2.69. The second-order valence-electron chi connectivity index (χ2n) is 7.50. The van der Waals surface area contributed by atoms with Gasteiger partial charge in [-0.2, -0.15) is 0 Å². The number of hydrogen-bond acceptors (Lipinski definition) is 5. The highest BCUT2D eigenvalue weighted by Gasteiger charge is 2.52. The molecule has 0 N–H and O–H groups in total. The van der Waals surface area contributed by atoms with E-state index in [-0.39, 0.29) is 0 Å². The molecule has 2 aromatic carbocycles. The number of methoxy groups -OCH3 is 1. The van der Waals surface area contributed by atoms with E-state index in [9.17, 15) is 0 Å². The van der Waals surface area contributed by atoms with Gasteiger partial charge < -0.3 is 14.0 Å². The molecule has 7 heteroatoms. The van der Waals surface area contributed by atoms with Crippen LogP contribution in [0.15, 0.2) is 42.5 Å². The van der Waals surface area contributed by atoms with Gasteiger partial charge in [0.15, 0.2) is 0 Å². The molecule has 1 aliphatic rings. The zero-order chi connectivity index (χ0) is 18.5. The van der Waals surface area contributed by atoms with Crippen molar-refractivity contribution in [2.45, 2.75) is 38.9 Å². The Bertz CT molecular complexity index is 934. The predicted molar refractivity (Wildman–Crippen MR) is 101 cm³/mol. The summed E-state index contributed by atoms with van der Waals surface area (Å²) < 4.78 is 19.5. The summed E-state index contributed by atoms with van der Waals surface area (Å²) in [6, 6.07) is 13.6. The van der Waals surface area contributed by atoms with Crippen molar-refractivity contribution in [1.82, 2.24) is 15.0 Å². The maximum atomic E-state index is 6.24. The predicted octanol–water partition coefficient (Wildman–Crippen LogP) is 2.73. The van der Waals surface area contributed by atoms with Crippen LogP contribution in [0.1, 0.15) is 27.7 Å². The maximum Gasteiger partial charge on any atom is 0.497 e. The molecule has 0 saturated carbocycles.